The van der Waals surface area contributed by atoms with Gasteiger partial charge in [0.2, 0.25) is 12.1 Å². The van der Waals surface area contributed by atoms with Crippen molar-refractivity contribution in [3.63, 3.8) is 0 Å². The number of nitro groups is 1. The molecule has 176 valence electrons. The summed E-state index contributed by atoms with van der Waals surface area (Å²) in [5.41, 5.74) is 0.501. The number of aliphatic hydroxyl groups is 1. The number of hydrogen-bond donors (Lipinski definition) is 2. The van der Waals surface area contributed by atoms with Crippen molar-refractivity contribution >= 4 is 28.3 Å². The van der Waals surface area contributed by atoms with Crippen LogP contribution in [0.1, 0.15) is 28.6 Å². The Morgan fingerprint density at radius 2 is 2.03 bits per heavy atom. The maximum absolute atomic E-state index is 13.5. The molecule has 2 N–H and O–H groups in total. The van der Waals surface area contributed by atoms with Crippen LogP contribution in [0.4, 0.5) is 5.69 Å². The quantitative estimate of drug-likeness (QED) is 0.174. The molecule has 5 rings (SSSR count). The van der Waals surface area contributed by atoms with E-state index in [9.17, 15) is 24.8 Å². The fraction of sp³-hybridized carbons (Fsp3) is 0.160. The van der Waals surface area contributed by atoms with Crippen LogP contribution in [0.3, 0.4) is 0 Å². The Bertz CT molecular complexity index is 1440. The lowest BCUT2D eigenvalue weighted by Gasteiger charge is -2.26. The van der Waals surface area contributed by atoms with Crippen molar-refractivity contribution in [1.29, 1.82) is 0 Å². The highest BCUT2D eigenvalue weighted by molar-refractivity contribution is 6.16. The smallest absolute Gasteiger partial charge is 0.290 e. The zero-order chi connectivity index (χ0) is 24.5. The molecule has 0 fully saturated rings. The van der Waals surface area contributed by atoms with Gasteiger partial charge in [-0.15, -0.1) is 0 Å². The number of para-hydroxylation sites is 1. The third-order valence-electron chi connectivity index (χ3n) is 6.01. The van der Waals surface area contributed by atoms with Crippen LogP contribution < -0.4 is 4.57 Å². The van der Waals surface area contributed by atoms with Gasteiger partial charge in [0.05, 0.1) is 23.1 Å². The Balaban J connectivity index is 1.53. The third-order valence-corrected chi connectivity index (χ3v) is 6.01. The number of imidazole rings is 1. The summed E-state index contributed by atoms with van der Waals surface area (Å²) in [5, 5.41) is 22.9. The number of H-pyrrole nitrogens is 1. The molecule has 1 amide bonds. The lowest BCUT2D eigenvalue weighted by atomic mass is 9.94. The van der Waals surface area contributed by atoms with Crippen LogP contribution in [0.5, 0.6) is 0 Å². The number of amides is 1. The van der Waals surface area contributed by atoms with Crippen molar-refractivity contribution in [1.82, 2.24) is 9.88 Å². The summed E-state index contributed by atoms with van der Waals surface area (Å²) >= 11 is 0. The Kier molecular flexibility index (Phi) is 5.61. The van der Waals surface area contributed by atoms with Crippen molar-refractivity contribution < 1.29 is 28.6 Å². The summed E-state index contributed by atoms with van der Waals surface area (Å²) < 4.78 is 7.60. The lowest BCUT2D eigenvalue weighted by Crippen LogP contribution is -2.36. The number of non-ortho nitro benzene ring substituents is 1. The second-order valence-electron chi connectivity index (χ2n) is 8.20. The Hall–Kier alpha value is -4.73. The van der Waals surface area contributed by atoms with E-state index < -0.39 is 28.4 Å². The second-order valence-corrected chi connectivity index (χ2v) is 8.20. The molecule has 4 aromatic rings. The van der Waals surface area contributed by atoms with Gasteiger partial charge in [-0.3, -0.25) is 24.7 Å². The number of Topliss-reactive ketones (excluding diaryl/α,β-unsaturated/α-hetero) is 1. The number of nitrogens with zero attached hydrogens (tertiary/aromatic N) is 3. The van der Waals surface area contributed by atoms with E-state index in [1.165, 1.54) is 23.1 Å². The predicted molar refractivity (Wildman–Crippen MR) is 123 cm³/mol. The largest absolute Gasteiger partial charge is 0.503 e. The van der Waals surface area contributed by atoms with Gasteiger partial charge >= 0.3 is 0 Å². The number of aryl methyl sites for hydroxylation is 1. The predicted octanol–water partition coefficient (Wildman–Crippen LogP) is 3.63. The highest BCUT2D eigenvalue weighted by Crippen LogP contribution is 2.40. The molecule has 35 heavy (non-hydrogen) atoms. The zero-order valence-electron chi connectivity index (χ0n) is 18.5. The number of rotatable bonds is 8. The summed E-state index contributed by atoms with van der Waals surface area (Å²) in [6.07, 6.45) is 5.91. The SMILES string of the molecule is O=C(C1=C(O)C(=O)N(CCC[n+]2cc[nH]c2)C1c1cccc([N+](=O)[O-])c1)c1cc2ccccc2o1. The van der Waals surface area contributed by atoms with E-state index in [0.29, 0.717) is 29.5 Å². The Morgan fingerprint density at radius 1 is 1.20 bits per heavy atom. The Morgan fingerprint density at radius 3 is 2.77 bits per heavy atom. The first-order chi connectivity index (χ1) is 16.9. The summed E-state index contributed by atoms with van der Waals surface area (Å²) in [4.78, 5) is 41.8. The number of aromatic nitrogens is 2. The minimum atomic E-state index is -1.00. The number of carbonyl (C=O) groups is 2. The fourth-order valence-electron chi connectivity index (χ4n) is 4.38. The van der Waals surface area contributed by atoms with Crippen molar-refractivity contribution in [2.24, 2.45) is 0 Å². The molecule has 0 bridgehead atoms. The van der Waals surface area contributed by atoms with Gasteiger partial charge in [0.1, 0.15) is 18.0 Å². The van der Waals surface area contributed by atoms with Gasteiger partial charge in [-0.1, -0.05) is 30.3 Å². The molecule has 0 aliphatic carbocycles. The molecular formula is C25H21N4O6+. The monoisotopic (exact) mass is 473 g/mol. The lowest BCUT2D eigenvalue weighted by molar-refractivity contribution is -0.695. The molecule has 1 aliphatic heterocycles. The molecule has 0 radical (unpaired) electrons. The molecule has 1 aliphatic rings. The molecule has 10 heteroatoms. The van der Waals surface area contributed by atoms with Crippen LogP contribution in [0, 0.1) is 10.1 Å². The number of aromatic amines is 1. The van der Waals surface area contributed by atoms with Gasteiger partial charge in [-0.05, 0) is 17.7 Å². The molecule has 0 saturated carbocycles. The van der Waals surface area contributed by atoms with E-state index in [1.807, 2.05) is 10.8 Å². The average molecular weight is 473 g/mol. The molecule has 3 heterocycles. The first-order valence-corrected chi connectivity index (χ1v) is 11.0. The van der Waals surface area contributed by atoms with Crippen molar-refractivity contribution in [2.45, 2.75) is 19.0 Å². The van der Waals surface area contributed by atoms with Gasteiger partial charge in [-0.2, -0.15) is 0 Å². The number of carbonyl (C=O) groups excluding carboxylic acids is 2. The molecular weight excluding hydrogens is 452 g/mol. The first-order valence-electron chi connectivity index (χ1n) is 11.0. The number of fused-ring (bicyclic) bond motifs is 1. The van der Waals surface area contributed by atoms with E-state index in [0.717, 1.165) is 0 Å². The number of benzene rings is 2. The standard InChI is InChI=1S/C25H20N4O6/c30-23(20-14-16-5-1-2-8-19(16)35-20)21-22(17-6-3-7-18(13-17)29(33)34)28(25(32)24(21)31)11-4-10-27-12-9-26-15-27/h1-3,5-9,12-15,22H,4,10-11H2,(H,30,31)/p+1. The van der Waals surface area contributed by atoms with Crippen molar-refractivity contribution in [3.05, 3.63) is 106 Å². The van der Waals surface area contributed by atoms with Crippen LogP contribution in [0.2, 0.25) is 0 Å². The molecule has 2 aromatic carbocycles. The second kappa shape index (κ2) is 8.90. The molecule has 1 unspecified atom stereocenters. The highest BCUT2D eigenvalue weighted by Gasteiger charge is 2.44. The van der Waals surface area contributed by atoms with E-state index >= 15 is 0 Å². The van der Waals surface area contributed by atoms with Gasteiger partial charge in [-0.25, -0.2) is 4.57 Å². The summed E-state index contributed by atoms with van der Waals surface area (Å²) in [7, 11) is 0. The number of nitro benzene ring substituents is 1. The van der Waals surface area contributed by atoms with E-state index in [2.05, 4.69) is 4.98 Å². The molecule has 0 spiro atoms. The minimum absolute atomic E-state index is 0.0271. The highest BCUT2D eigenvalue weighted by atomic mass is 16.6. The maximum atomic E-state index is 13.5. The normalized spacial score (nSPS) is 15.8. The van der Waals surface area contributed by atoms with Crippen LogP contribution in [0.15, 0.2) is 89.1 Å². The van der Waals surface area contributed by atoms with E-state index in [-0.39, 0.29) is 23.6 Å². The fourth-order valence-corrected chi connectivity index (χ4v) is 4.38. The van der Waals surface area contributed by atoms with Gasteiger partial charge in [0.25, 0.3) is 11.6 Å². The van der Waals surface area contributed by atoms with Crippen molar-refractivity contribution in [3.8, 4) is 0 Å². The van der Waals surface area contributed by atoms with E-state index in [4.69, 9.17) is 4.42 Å². The number of aliphatic hydroxyl groups excluding tert-OH is 1. The van der Waals surface area contributed by atoms with Crippen LogP contribution in [-0.2, 0) is 11.3 Å². The zero-order valence-corrected chi connectivity index (χ0v) is 18.5. The summed E-state index contributed by atoms with van der Waals surface area (Å²) in [6, 6.07) is 13.4. The van der Waals surface area contributed by atoms with Gasteiger partial charge < -0.3 is 14.4 Å². The number of nitrogens with one attached hydrogen (secondary N) is 1. The topological polar surface area (TPSA) is 134 Å². The van der Waals surface area contributed by atoms with Gasteiger partial charge in [0.15, 0.2) is 11.5 Å². The number of furan rings is 1. The Labute approximate surface area is 198 Å². The van der Waals surface area contributed by atoms with Crippen molar-refractivity contribution in [2.75, 3.05) is 6.54 Å². The van der Waals surface area contributed by atoms with E-state index in [1.54, 1.807) is 48.9 Å². The maximum Gasteiger partial charge on any atom is 0.290 e. The van der Waals surface area contributed by atoms with Crippen LogP contribution in [0.25, 0.3) is 11.0 Å². The van der Waals surface area contributed by atoms with Gasteiger partial charge in [0, 0.05) is 30.5 Å². The number of hydrogen-bond acceptors (Lipinski definition) is 6. The number of ketones is 1. The molecule has 1 atom stereocenters. The van der Waals surface area contributed by atoms with Crippen LogP contribution >= 0.6 is 0 Å². The molecule has 0 saturated heterocycles. The minimum Gasteiger partial charge on any atom is -0.503 e. The van der Waals surface area contributed by atoms with Crippen LogP contribution in [-0.4, -0.2) is 38.1 Å². The first kappa shape index (κ1) is 22.1. The third kappa shape index (κ3) is 4.05. The summed E-state index contributed by atoms with van der Waals surface area (Å²) in [5.74, 6) is -2.06. The molecule has 2 aromatic heterocycles. The molecule has 10 nitrogen and oxygen atoms in total. The average Bonchev–Trinajstić information content (AvgIpc) is 3.59. The summed E-state index contributed by atoms with van der Waals surface area (Å²) in [6.45, 7) is 0.799.